The number of carbonyl (C=O) groups is 2. The third-order valence-corrected chi connectivity index (χ3v) is 6.26. The van der Waals surface area contributed by atoms with Crippen molar-refractivity contribution in [3.8, 4) is 0 Å². The summed E-state index contributed by atoms with van der Waals surface area (Å²) in [5.41, 5.74) is 2.85. The Labute approximate surface area is 168 Å². The van der Waals surface area contributed by atoms with Crippen molar-refractivity contribution in [2.45, 2.75) is 51.5 Å². The smallest absolute Gasteiger partial charge is 0.251 e. The molecule has 1 heterocycles. The van der Waals surface area contributed by atoms with Crippen LogP contribution in [0, 0.1) is 13.8 Å². The minimum atomic E-state index is -0.209. The van der Waals surface area contributed by atoms with Gasteiger partial charge in [0.1, 0.15) is 0 Å². The molecule has 0 bridgehead atoms. The first-order valence-electron chi connectivity index (χ1n) is 10.5. The number of rotatable bonds is 6. The topological polar surface area (TPSA) is 70.7 Å². The Morgan fingerprint density at radius 2 is 1.75 bits per heavy atom. The zero-order valence-electron chi connectivity index (χ0n) is 17.2. The van der Waals surface area contributed by atoms with E-state index in [1.165, 1.54) is 19.3 Å². The second-order valence-electron chi connectivity index (χ2n) is 8.14. The quantitative estimate of drug-likeness (QED) is 0.785. The van der Waals surface area contributed by atoms with Crippen molar-refractivity contribution in [1.29, 1.82) is 0 Å². The summed E-state index contributed by atoms with van der Waals surface area (Å²) in [5, 5.41) is 5.82. The van der Waals surface area contributed by atoms with Gasteiger partial charge in [-0.05, 0) is 49.9 Å². The molecule has 3 rings (SSSR count). The summed E-state index contributed by atoms with van der Waals surface area (Å²) in [6, 6.07) is 5.59. The summed E-state index contributed by atoms with van der Waals surface area (Å²) in [7, 11) is 0. The molecular weight excluding hydrogens is 354 g/mol. The maximum atomic E-state index is 12.4. The van der Waals surface area contributed by atoms with E-state index in [-0.39, 0.29) is 23.9 Å². The van der Waals surface area contributed by atoms with Crippen LogP contribution in [-0.2, 0) is 9.53 Å². The van der Waals surface area contributed by atoms with E-state index < -0.39 is 0 Å². The number of nitrogens with one attached hydrogen (secondary N) is 2. The Morgan fingerprint density at radius 3 is 2.43 bits per heavy atom. The second kappa shape index (κ2) is 9.52. The summed E-state index contributed by atoms with van der Waals surface area (Å²) < 4.78 is 5.51. The van der Waals surface area contributed by atoms with Gasteiger partial charge in [-0.25, -0.2) is 0 Å². The fourth-order valence-electron chi connectivity index (χ4n) is 4.32. The number of ether oxygens (including phenoxy) is 1. The van der Waals surface area contributed by atoms with Gasteiger partial charge >= 0.3 is 0 Å². The van der Waals surface area contributed by atoms with E-state index in [4.69, 9.17) is 4.74 Å². The lowest BCUT2D eigenvalue weighted by molar-refractivity contribution is -0.121. The molecule has 2 N–H and O–H groups in total. The van der Waals surface area contributed by atoms with Crippen molar-refractivity contribution >= 4 is 11.8 Å². The van der Waals surface area contributed by atoms with Crippen molar-refractivity contribution in [1.82, 2.24) is 15.5 Å². The molecular formula is C22H33N3O3. The molecule has 1 saturated heterocycles. The van der Waals surface area contributed by atoms with Crippen LogP contribution in [0.1, 0.15) is 53.6 Å². The van der Waals surface area contributed by atoms with E-state index in [2.05, 4.69) is 15.5 Å². The fraction of sp³-hybridized carbons (Fsp3) is 0.636. The molecule has 0 spiro atoms. The Kier molecular flexibility index (Phi) is 7.08. The number of benzene rings is 1. The van der Waals surface area contributed by atoms with Crippen LogP contribution >= 0.6 is 0 Å². The minimum absolute atomic E-state index is 0.00491. The Bertz CT molecular complexity index is 692. The highest BCUT2D eigenvalue weighted by Crippen LogP contribution is 2.33. The zero-order valence-corrected chi connectivity index (χ0v) is 17.2. The van der Waals surface area contributed by atoms with Gasteiger partial charge < -0.3 is 15.4 Å². The van der Waals surface area contributed by atoms with Crippen molar-refractivity contribution in [3.63, 3.8) is 0 Å². The van der Waals surface area contributed by atoms with Crippen LogP contribution < -0.4 is 10.6 Å². The average Bonchev–Trinajstić information content (AvgIpc) is 2.73. The second-order valence-corrected chi connectivity index (χ2v) is 8.14. The van der Waals surface area contributed by atoms with Crippen molar-refractivity contribution < 1.29 is 14.3 Å². The molecule has 6 heteroatoms. The summed E-state index contributed by atoms with van der Waals surface area (Å²) in [4.78, 5) is 27.2. The van der Waals surface area contributed by atoms with Gasteiger partial charge in [0.05, 0.1) is 19.8 Å². The van der Waals surface area contributed by atoms with Crippen LogP contribution in [0.2, 0.25) is 0 Å². The van der Waals surface area contributed by atoms with Gasteiger partial charge in [-0.1, -0.05) is 25.3 Å². The van der Waals surface area contributed by atoms with Crippen LogP contribution in [-0.4, -0.2) is 61.6 Å². The number of hydrogen-bond acceptors (Lipinski definition) is 4. The van der Waals surface area contributed by atoms with Gasteiger partial charge in [0.25, 0.3) is 5.91 Å². The first-order chi connectivity index (χ1) is 13.5. The molecule has 154 valence electrons. The Balaban J connectivity index is 1.51. The van der Waals surface area contributed by atoms with Crippen LogP contribution in [0.15, 0.2) is 18.2 Å². The number of carbonyl (C=O) groups excluding carboxylic acids is 2. The first-order valence-corrected chi connectivity index (χ1v) is 10.5. The first kappa shape index (κ1) is 20.8. The van der Waals surface area contributed by atoms with Gasteiger partial charge in [-0.2, -0.15) is 0 Å². The molecule has 2 fully saturated rings. The summed E-state index contributed by atoms with van der Waals surface area (Å²) in [5.74, 6) is -0.339. The zero-order chi connectivity index (χ0) is 20.0. The average molecular weight is 388 g/mol. The van der Waals surface area contributed by atoms with Gasteiger partial charge in [-0.15, -0.1) is 0 Å². The van der Waals surface area contributed by atoms with Gasteiger partial charge in [-0.3, -0.25) is 14.5 Å². The van der Waals surface area contributed by atoms with Crippen LogP contribution in [0.3, 0.4) is 0 Å². The molecule has 2 amide bonds. The molecule has 0 aromatic heterocycles. The maximum Gasteiger partial charge on any atom is 0.251 e. The molecule has 1 aliphatic heterocycles. The Morgan fingerprint density at radius 1 is 1.04 bits per heavy atom. The predicted octanol–water partition coefficient (Wildman–Crippen LogP) is 2.18. The summed E-state index contributed by atoms with van der Waals surface area (Å²) in [6.07, 6.45) is 5.91. The highest BCUT2D eigenvalue weighted by Gasteiger charge is 2.38. The standard InChI is InChI=1S/C22H33N3O3/c1-17-6-7-19(14-18(17)2)21(27)23-15-20(26)24-16-22(8-4-3-5-9-22)25-10-12-28-13-11-25/h6-7,14H,3-5,8-13,15-16H2,1-2H3,(H,23,27)(H,24,26). The number of amides is 2. The van der Waals surface area contributed by atoms with Crippen molar-refractivity contribution in [2.24, 2.45) is 0 Å². The molecule has 1 aromatic carbocycles. The SMILES string of the molecule is Cc1ccc(C(=O)NCC(=O)NCC2(N3CCOCC3)CCCCC2)cc1C. The van der Waals surface area contributed by atoms with Crippen LogP contribution in [0.25, 0.3) is 0 Å². The third kappa shape index (κ3) is 5.11. The minimum Gasteiger partial charge on any atom is -0.379 e. The van der Waals surface area contributed by atoms with E-state index in [0.717, 1.165) is 50.3 Å². The number of hydrogen-bond donors (Lipinski definition) is 2. The highest BCUT2D eigenvalue weighted by molar-refractivity contribution is 5.96. The van der Waals surface area contributed by atoms with Crippen LogP contribution in [0.4, 0.5) is 0 Å². The maximum absolute atomic E-state index is 12.4. The lowest BCUT2D eigenvalue weighted by atomic mass is 9.79. The van der Waals surface area contributed by atoms with Gasteiger partial charge in [0, 0.05) is 30.7 Å². The van der Waals surface area contributed by atoms with E-state index in [1.807, 2.05) is 26.0 Å². The number of morpholine rings is 1. The molecule has 1 aliphatic carbocycles. The summed E-state index contributed by atoms with van der Waals surface area (Å²) >= 11 is 0. The molecule has 0 atom stereocenters. The lowest BCUT2D eigenvalue weighted by Gasteiger charge is -2.48. The van der Waals surface area contributed by atoms with Gasteiger partial charge in [0.2, 0.25) is 5.91 Å². The lowest BCUT2D eigenvalue weighted by Crippen LogP contribution is -2.60. The monoisotopic (exact) mass is 387 g/mol. The van der Waals surface area contributed by atoms with Crippen LogP contribution in [0.5, 0.6) is 0 Å². The molecule has 28 heavy (non-hydrogen) atoms. The van der Waals surface area contributed by atoms with Crippen molar-refractivity contribution in [3.05, 3.63) is 34.9 Å². The largest absolute Gasteiger partial charge is 0.379 e. The van der Waals surface area contributed by atoms with E-state index in [9.17, 15) is 9.59 Å². The fourth-order valence-corrected chi connectivity index (χ4v) is 4.32. The third-order valence-electron chi connectivity index (χ3n) is 6.26. The van der Waals surface area contributed by atoms with E-state index >= 15 is 0 Å². The van der Waals surface area contributed by atoms with E-state index in [1.54, 1.807) is 6.07 Å². The Hall–Kier alpha value is -1.92. The molecule has 1 saturated carbocycles. The molecule has 0 radical (unpaired) electrons. The molecule has 6 nitrogen and oxygen atoms in total. The summed E-state index contributed by atoms with van der Waals surface area (Å²) in [6.45, 7) is 8.03. The van der Waals surface area contributed by atoms with Gasteiger partial charge in [0.15, 0.2) is 0 Å². The normalized spacial score (nSPS) is 19.8. The van der Waals surface area contributed by atoms with Crippen molar-refractivity contribution in [2.75, 3.05) is 39.4 Å². The molecule has 0 unspecified atom stereocenters. The predicted molar refractivity (Wildman–Crippen MR) is 109 cm³/mol. The number of nitrogens with zero attached hydrogens (tertiary/aromatic N) is 1. The molecule has 1 aromatic rings. The van der Waals surface area contributed by atoms with E-state index in [0.29, 0.717) is 12.1 Å². The number of aryl methyl sites for hydroxylation is 2. The highest BCUT2D eigenvalue weighted by atomic mass is 16.5. The molecule has 2 aliphatic rings.